The first-order chi connectivity index (χ1) is 30.3. The van der Waals surface area contributed by atoms with Crippen LogP contribution in [0.3, 0.4) is 0 Å². The average molecular weight is 873 g/mol. The lowest BCUT2D eigenvalue weighted by Gasteiger charge is -2.47. The molecule has 0 N–H and O–H groups in total. The molecular formula is C61H69BN2S. The molecule has 3 heterocycles. The summed E-state index contributed by atoms with van der Waals surface area (Å²) in [7, 11) is 0. The Kier molecular flexibility index (Phi) is 9.76. The standard InChI is InChI=1S/C61H69BN2S/c1-36-26-50-53-51(27-36)64(54-37(2)28-40(29-38(54)3)39-20-18-17-19-21-39)49-35-47-46(60(13,14)24-25-61(47,15)16)34-48(49)62(53)56-55(45-33-41(57(4,5)6)22-23-52(45)65-56)63(50)44-31-42(58(7,8)9)30-43(32-44)59(10,11)12/h17-23,26-35H,24-25H2,1-16H3. The van der Waals surface area contributed by atoms with E-state index in [-0.39, 0.29) is 33.8 Å². The Bertz CT molecular complexity index is 3030. The second kappa shape index (κ2) is 14.5. The molecule has 4 heteroatoms. The van der Waals surface area contributed by atoms with Crippen molar-refractivity contribution in [2.24, 2.45) is 0 Å². The Labute approximate surface area is 395 Å². The zero-order chi connectivity index (χ0) is 46.5. The number of aryl methyl sites for hydroxylation is 3. The van der Waals surface area contributed by atoms with E-state index in [1.165, 1.54) is 128 Å². The molecule has 0 fully saturated rings. The third-order valence-corrected chi connectivity index (χ3v) is 16.6. The van der Waals surface area contributed by atoms with E-state index in [0.717, 1.165) is 0 Å². The van der Waals surface area contributed by atoms with Crippen molar-refractivity contribution in [3.63, 3.8) is 0 Å². The van der Waals surface area contributed by atoms with Gasteiger partial charge in [0.2, 0.25) is 0 Å². The van der Waals surface area contributed by atoms with E-state index in [1.807, 2.05) is 11.3 Å². The zero-order valence-electron chi connectivity index (χ0n) is 42.1. The first-order valence-electron chi connectivity index (χ1n) is 24.2. The summed E-state index contributed by atoms with van der Waals surface area (Å²) in [6.07, 6.45) is 2.35. The smallest absolute Gasteiger partial charge is 0.264 e. The molecule has 7 aromatic rings. The fraction of sp³-hybridized carbons (Fsp3) is 0.377. The predicted octanol–water partition coefficient (Wildman–Crippen LogP) is 15.8. The minimum Gasteiger partial charge on any atom is -0.311 e. The Balaban J connectivity index is 1.36. The van der Waals surface area contributed by atoms with E-state index in [1.54, 1.807) is 0 Å². The number of anilines is 6. The van der Waals surface area contributed by atoms with Gasteiger partial charge in [-0.3, -0.25) is 0 Å². The molecule has 2 aliphatic heterocycles. The lowest BCUT2D eigenvalue weighted by atomic mass is 9.35. The maximum atomic E-state index is 2.71. The fourth-order valence-electron chi connectivity index (χ4n) is 11.4. The molecule has 0 spiro atoms. The van der Waals surface area contributed by atoms with Gasteiger partial charge in [0.05, 0.1) is 11.4 Å². The van der Waals surface area contributed by atoms with Gasteiger partial charge in [-0.2, -0.15) is 0 Å². The summed E-state index contributed by atoms with van der Waals surface area (Å²) in [6.45, 7) is 38.3. The lowest BCUT2D eigenvalue weighted by molar-refractivity contribution is 0.332. The minimum atomic E-state index is -0.0321. The van der Waals surface area contributed by atoms with E-state index in [2.05, 4.69) is 224 Å². The van der Waals surface area contributed by atoms with E-state index < -0.39 is 0 Å². The number of benzene rings is 6. The van der Waals surface area contributed by atoms with Crippen molar-refractivity contribution in [2.45, 2.75) is 151 Å². The monoisotopic (exact) mass is 873 g/mol. The van der Waals surface area contributed by atoms with Gasteiger partial charge in [-0.1, -0.05) is 139 Å². The first-order valence-corrected chi connectivity index (χ1v) is 25.0. The third-order valence-electron chi connectivity index (χ3n) is 15.4. The van der Waals surface area contributed by atoms with Crippen LogP contribution in [-0.2, 0) is 27.1 Å². The highest BCUT2D eigenvalue weighted by Crippen LogP contribution is 2.53. The summed E-state index contributed by atoms with van der Waals surface area (Å²) in [5, 5.41) is 1.36. The molecule has 3 aliphatic rings. The van der Waals surface area contributed by atoms with Crippen LogP contribution >= 0.6 is 11.3 Å². The molecule has 1 aliphatic carbocycles. The molecule has 0 unspecified atom stereocenters. The Hall–Kier alpha value is -5.06. The van der Waals surface area contributed by atoms with Gasteiger partial charge in [-0.05, 0) is 182 Å². The van der Waals surface area contributed by atoms with Gasteiger partial charge in [0.1, 0.15) is 0 Å². The molecule has 0 atom stereocenters. The van der Waals surface area contributed by atoms with Crippen LogP contribution in [0, 0.1) is 20.8 Å². The van der Waals surface area contributed by atoms with Gasteiger partial charge >= 0.3 is 0 Å². The summed E-state index contributed by atoms with van der Waals surface area (Å²) >= 11 is 2.02. The molecule has 65 heavy (non-hydrogen) atoms. The fourth-order valence-corrected chi connectivity index (χ4v) is 12.7. The van der Waals surface area contributed by atoms with Gasteiger partial charge in [0.25, 0.3) is 6.71 Å². The quantitative estimate of drug-likeness (QED) is 0.163. The van der Waals surface area contributed by atoms with E-state index in [0.29, 0.717) is 0 Å². The number of fused-ring (bicyclic) bond motifs is 7. The molecule has 10 rings (SSSR count). The van der Waals surface area contributed by atoms with E-state index in [4.69, 9.17) is 0 Å². The van der Waals surface area contributed by atoms with Crippen molar-refractivity contribution in [1.29, 1.82) is 0 Å². The molecule has 6 aromatic carbocycles. The Morgan fingerprint density at radius 3 is 1.65 bits per heavy atom. The first kappa shape index (κ1) is 43.8. The molecule has 332 valence electrons. The van der Waals surface area contributed by atoms with Crippen molar-refractivity contribution in [3.8, 4) is 11.1 Å². The second-order valence-corrected chi connectivity index (χ2v) is 25.5. The van der Waals surface area contributed by atoms with Crippen LogP contribution in [0.1, 0.15) is 147 Å². The number of thiophene rings is 1. The molecular weight excluding hydrogens is 804 g/mol. The Morgan fingerprint density at radius 1 is 0.523 bits per heavy atom. The Morgan fingerprint density at radius 2 is 1.08 bits per heavy atom. The number of hydrogen-bond donors (Lipinski definition) is 0. The zero-order valence-corrected chi connectivity index (χ0v) is 42.9. The van der Waals surface area contributed by atoms with Gasteiger partial charge in [-0.25, -0.2) is 0 Å². The lowest BCUT2D eigenvalue weighted by Crippen LogP contribution is -2.61. The normalized spacial score (nSPS) is 16.3. The molecule has 0 saturated heterocycles. The van der Waals surface area contributed by atoms with Crippen LogP contribution in [0.15, 0.2) is 103 Å². The summed E-state index contributed by atoms with van der Waals surface area (Å²) < 4.78 is 2.80. The van der Waals surface area contributed by atoms with Crippen LogP contribution in [0.5, 0.6) is 0 Å². The molecule has 0 amide bonds. The SMILES string of the molecule is Cc1cc2c3c(c1)N(c1cc(C(C)(C)C)cc(C(C)(C)C)c1)c1c(sc4ccc(C(C)(C)C)cc14)B3c1cc3c(cc1N2c1c(C)cc(-c2ccccc2)cc1C)C(C)(C)CCC3(C)C. The number of rotatable bonds is 3. The average Bonchev–Trinajstić information content (AvgIpc) is 3.60. The van der Waals surface area contributed by atoms with Crippen molar-refractivity contribution < 1.29 is 0 Å². The topological polar surface area (TPSA) is 6.48 Å². The number of nitrogens with zero attached hydrogens (tertiary/aromatic N) is 2. The van der Waals surface area contributed by atoms with Crippen molar-refractivity contribution in [2.75, 3.05) is 9.80 Å². The van der Waals surface area contributed by atoms with Crippen LogP contribution in [0.2, 0.25) is 0 Å². The van der Waals surface area contributed by atoms with Crippen LogP contribution in [0.4, 0.5) is 34.1 Å². The largest absolute Gasteiger partial charge is 0.311 e. The van der Waals surface area contributed by atoms with Crippen LogP contribution in [0.25, 0.3) is 21.2 Å². The second-order valence-electron chi connectivity index (χ2n) is 24.4. The maximum Gasteiger partial charge on any atom is 0.264 e. The number of hydrogen-bond acceptors (Lipinski definition) is 3. The summed E-state index contributed by atoms with van der Waals surface area (Å²) in [5.41, 5.74) is 24.2. The molecule has 0 bridgehead atoms. The van der Waals surface area contributed by atoms with Gasteiger partial charge in [0, 0.05) is 37.6 Å². The van der Waals surface area contributed by atoms with Crippen LogP contribution in [-0.4, -0.2) is 6.71 Å². The molecule has 0 saturated carbocycles. The maximum absolute atomic E-state index is 2.71. The highest BCUT2D eigenvalue weighted by atomic mass is 32.1. The van der Waals surface area contributed by atoms with Crippen LogP contribution < -0.4 is 25.5 Å². The summed E-state index contributed by atoms with van der Waals surface area (Å²) in [5.74, 6) is 0. The predicted molar refractivity (Wildman–Crippen MR) is 287 cm³/mol. The molecule has 2 nitrogen and oxygen atoms in total. The van der Waals surface area contributed by atoms with E-state index >= 15 is 0 Å². The van der Waals surface area contributed by atoms with E-state index in [9.17, 15) is 0 Å². The highest BCUT2D eigenvalue weighted by Gasteiger charge is 2.48. The van der Waals surface area contributed by atoms with Gasteiger partial charge in [-0.15, -0.1) is 11.3 Å². The molecule has 1 aromatic heterocycles. The minimum absolute atomic E-state index is 0.0108. The van der Waals surface area contributed by atoms with Crippen molar-refractivity contribution >= 4 is 78.0 Å². The summed E-state index contributed by atoms with van der Waals surface area (Å²) in [4.78, 5) is 5.41. The van der Waals surface area contributed by atoms with Crippen molar-refractivity contribution in [3.05, 3.63) is 148 Å². The van der Waals surface area contributed by atoms with Crippen molar-refractivity contribution in [1.82, 2.24) is 0 Å². The highest BCUT2D eigenvalue weighted by molar-refractivity contribution is 7.33. The summed E-state index contributed by atoms with van der Waals surface area (Å²) in [6, 6.07) is 41.0. The molecule has 0 radical (unpaired) electrons. The van der Waals surface area contributed by atoms with Gasteiger partial charge in [0.15, 0.2) is 0 Å². The third kappa shape index (κ3) is 7.03. The van der Waals surface area contributed by atoms with Gasteiger partial charge < -0.3 is 9.80 Å².